The van der Waals surface area contributed by atoms with Crippen LogP contribution in [-0.2, 0) is 4.74 Å². The molecule has 4 nitrogen and oxygen atoms in total. The van der Waals surface area contributed by atoms with Crippen molar-refractivity contribution in [2.24, 2.45) is 0 Å². The molecule has 0 bridgehead atoms. The zero-order valence-electron chi connectivity index (χ0n) is 14.1. The SMILES string of the molecule is Cc1ccc(C(CN2CCOCC2)NC(=O)c2ccccc2)cc1. The van der Waals surface area contributed by atoms with Gasteiger partial charge in [0.15, 0.2) is 0 Å². The Morgan fingerprint density at radius 1 is 1.08 bits per heavy atom. The van der Waals surface area contributed by atoms with E-state index in [4.69, 9.17) is 4.74 Å². The van der Waals surface area contributed by atoms with Gasteiger partial charge in [0.05, 0.1) is 19.3 Å². The molecule has 2 aromatic rings. The molecule has 1 aliphatic heterocycles. The summed E-state index contributed by atoms with van der Waals surface area (Å²) in [6.07, 6.45) is 0. The van der Waals surface area contributed by atoms with Crippen molar-refractivity contribution in [3.8, 4) is 0 Å². The first-order valence-corrected chi connectivity index (χ1v) is 8.45. The molecule has 3 rings (SSSR count). The van der Waals surface area contributed by atoms with E-state index in [1.807, 2.05) is 30.3 Å². The molecule has 0 saturated carbocycles. The van der Waals surface area contributed by atoms with Gasteiger partial charge in [-0.1, -0.05) is 48.0 Å². The van der Waals surface area contributed by atoms with Crippen molar-refractivity contribution in [2.75, 3.05) is 32.8 Å². The van der Waals surface area contributed by atoms with E-state index in [-0.39, 0.29) is 11.9 Å². The lowest BCUT2D eigenvalue weighted by Gasteiger charge is -2.31. The number of hydrogen-bond acceptors (Lipinski definition) is 3. The van der Waals surface area contributed by atoms with Gasteiger partial charge in [-0.3, -0.25) is 9.69 Å². The maximum atomic E-state index is 12.6. The second-order valence-electron chi connectivity index (χ2n) is 6.22. The molecule has 0 radical (unpaired) electrons. The first kappa shape index (κ1) is 16.7. The van der Waals surface area contributed by atoms with E-state index in [1.165, 1.54) is 5.56 Å². The fourth-order valence-corrected chi connectivity index (χ4v) is 2.91. The van der Waals surface area contributed by atoms with Gasteiger partial charge in [-0.25, -0.2) is 0 Å². The van der Waals surface area contributed by atoms with Crippen LogP contribution in [0.4, 0.5) is 0 Å². The van der Waals surface area contributed by atoms with Crippen LogP contribution in [0.5, 0.6) is 0 Å². The third-order valence-electron chi connectivity index (χ3n) is 4.37. The van der Waals surface area contributed by atoms with Gasteiger partial charge < -0.3 is 10.1 Å². The summed E-state index contributed by atoms with van der Waals surface area (Å²) >= 11 is 0. The molecule has 4 heteroatoms. The number of nitrogens with zero attached hydrogens (tertiary/aromatic N) is 1. The maximum absolute atomic E-state index is 12.6. The number of ether oxygens (including phenoxy) is 1. The fraction of sp³-hybridized carbons (Fsp3) is 0.350. The Morgan fingerprint density at radius 3 is 2.42 bits per heavy atom. The van der Waals surface area contributed by atoms with Crippen molar-refractivity contribution < 1.29 is 9.53 Å². The summed E-state index contributed by atoms with van der Waals surface area (Å²) in [6.45, 7) is 6.20. The van der Waals surface area contributed by atoms with Gasteiger partial charge in [-0.05, 0) is 24.6 Å². The third-order valence-corrected chi connectivity index (χ3v) is 4.37. The van der Waals surface area contributed by atoms with E-state index in [1.54, 1.807) is 0 Å². The molecule has 1 amide bonds. The van der Waals surface area contributed by atoms with Gasteiger partial charge in [0.25, 0.3) is 5.91 Å². The minimum Gasteiger partial charge on any atom is -0.379 e. The molecule has 2 aromatic carbocycles. The molecule has 1 saturated heterocycles. The van der Waals surface area contributed by atoms with Crippen molar-refractivity contribution in [3.05, 3.63) is 71.3 Å². The van der Waals surface area contributed by atoms with Gasteiger partial charge in [-0.15, -0.1) is 0 Å². The second-order valence-corrected chi connectivity index (χ2v) is 6.22. The van der Waals surface area contributed by atoms with Crippen LogP contribution in [0.25, 0.3) is 0 Å². The van der Waals surface area contributed by atoms with Gasteiger partial charge in [-0.2, -0.15) is 0 Å². The lowest BCUT2D eigenvalue weighted by Crippen LogP contribution is -2.43. The maximum Gasteiger partial charge on any atom is 0.251 e. The molecule has 1 N–H and O–H groups in total. The number of aryl methyl sites for hydroxylation is 1. The number of carbonyl (C=O) groups excluding carboxylic acids is 1. The molecular weight excluding hydrogens is 300 g/mol. The normalized spacial score (nSPS) is 16.5. The van der Waals surface area contributed by atoms with Crippen molar-refractivity contribution in [1.29, 1.82) is 0 Å². The predicted molar refractivity (Wildman–Crippen MR) is 95.1 cm³/mol. The van der Waals surface area contributed by atoms with Gasteiger partial charge in [0.1, 0.15) is 0 Å². The monoisotopic (exact) mass is 324 g/mol. The van der Waals surface area contributed by atoms with Crippen LogP contribution in [0.15, 0.2) is 54.6 Å². The number of nitrogens with one attached hydrogen (secondary N) is 1. The Hall–Kier alpha value is -2.17. The predicted octanol–water partition coefficient (Wildman–Crippen LogP) is 2.80. The summed E-state index contributed by atoms with van der Waals surface area (Å²) < 4.78 is 5.42. The largest absolute Gasteiger partial charge is 0.379 e. The van der Waals surface area contributed by atoms with E-state index in [2.05, 4.69) is 41.4 Å². The van der Waals surface area contributed by atoms with Crippen LogP contribution >= 0.6 is 0 Å². The average molecular weight is 324 g/mol. The molecule has 1 aliphatic rings. The summed E-state index contributed by atoms with van der Waals surface area (Å²) in [6, 6.07) is 17.7. The Balaban J connectivity index is 1.75. The van der Waals surface area contributed by atoms with Crippen LogP contribution in [0.2, 0.25) is 0 Å². The highest BCUT2D eigenvalue weighted by Gasteiger charge is 2.20. The molecule has 126 valence electrons. The third kappa shape index (κ3) is 4.43. The second kappa shape index (κ2) is 8.08. The molecule has 0 aromatic heterocycles. The Kier molecular flexibility index (Phi) is 5.62. The molecular formula is C20H24N2O2. The molecule has 1 atom stereocenters. The quantitative estimate of drug-likeness (QED) is 0.919. The highest BCUT2D eigenvalue weighted by atomic mass is 16.5. The zero-order valence-corrected chi connectivity index (χ0v) is 14.1. The van der Waals surface area contributed by atoms with Gasteiger partial charge >= 0.3 is 0 Å². The molecule has 1 heterocycles. The lowest BCUT2D eigenvalue weighted by molar-refractivity contribution is 0.0332. The minimum atomic E-state index is -0.0329. The van der Waals surface area contributed by atoms with Crippen LogP contribution in [-0.4, -0.2) is 43.7 Å². The smallest absolute Gasteiger partial charge is 0.251 e. The highest BCUT2D eigenvalue weighted by molar-refractivity contribution is 5.94. The van der Waals surface area contributed by atoms with Gasteiger partial charge in [0.2, 0.25) is 0 Å². The van der Waals surface area contributed by atoms with Crippen LogP contribution < -0.4 is 5.32 Å². The van der Waals surface area contributed by atoms with E-state index in [0.717, 1.165) is 38.4 Å². The minimum absolute atomic E-state index is 0.0311. The van der Waals surface area contributed by atoms with E-state index < -0.39 is 0 Å². The lowest BCUT2D eigenvalue weighted by atomic mass is 10.0. The molecule has 24 heavy (non-hydrogen) atoms. The van der Waals surface area contributed by atoms with E-state index in [9.17, 15) is 4.79 Å². The van der Waals surface area contributed by atoms with Gasteiger partial charge in [0, 0.05) is 25.2 Å². The van der Waals surface area contributed by atoms with E-state index >= 15 is 0 Å². The first-order chi connectivity index (χ1) is 11.7. The van der Waals surface area contributed by atoms with Crippen molar-refractivity contribution in [3.63, 3.8) is 0 Å². The average Bonchev–Trinajstić information content (AvgIpc) is 2.63. The fourth-order valence-electron chi connectivity index (χ4n) is 2.91. The van der Waals surface area contributed by atoms with Crippen LogP contribution in [0, 0.1) is 6.92 Å². The topological polar surface area (TPSA) is 41.6 Å². The number of hydrogen-bond donors (Lipinski definition) is 1. The summed E-state index contributed by atoms with van der Waals surface area (Å²) in [5, 5.41) is 3.19. The van der Waals surface area contributed by atoms with E-state index in [0.29, 0.717) is 5.56 Å². The highest BCUT2D eigenvalue weighted by Crippen LogP contribution is 2.17. The standard InChI is InChI=1S/C20H24N2O2/c1-16-7-9-17(10-8-16)19(15-22-11-13-24-14-12-22)21-20(23)18-5-3-2-4-6-18/h2-10,19H,11-15H2,1H3,(H,21,23). The van der Waals surface area contributed by atoms with Crippen LogP contribution in [0.3, 0.4) is 0 Å². The van der Waals surface area contributed by atoms with Crippen molar-refractivity contribution >= 4 is 5.91 Å². The van der Waals surface area contributed by atoms with Crippen molar-refractivity contribution in [2.45, 2.75) is 13.0 Å². The Bertz CT molecular complexity index is 649. The molecule has 0 spiro atoms. The Labute approximate surface area is 143 Å². The number of benzene rings is 2. The summed E-state index contributed by atoms with van der Waals surface area (Å²) in [5.41, 5.74) is 3.05. The summed E-state index contributed by atoms with van der Waals surface area (Å²) in [7, 11) is 0. The number of amides is 1. The van der Waals surface area contributed by atoms with Crippen molar-refractivity contribution in [1.82, 2.24) is 10.2 Å². The molecule has 1 unspecified atom stereocenters. The first-order valence-electron chi connectivity index (χ1n) is 8.45. The number of rotatable bonds is 5. The number of carbonyl (C=O) groups is 1. The summed E-state index contributed by atoms with van der Waals surface area (Å²) in [5.74, 6) is -0.0329. The van der Waals surface area contributed by atoms with Crippen LogP contribution in [0.1, 0.15) is 27.5 Å². The Morgan fingerprint density at radius 2 is 1.75 bits per heavy atom. The molecule has 0 aliphatic carbocycles. The summed E-state index contributed by atoms with van der Waals surface area (Å²) in [4.78, 5) is 14.9. The molecule has 1 fully saturated rings. The number of morpholine rings is 1. The zero-order chi connectivity index (χ0) is 16.8.